The lowest BCUT2D eigenvalue weighted by Gasteiger charge is -2.09. The number of carbonyl (C=O) groups excluding carboxylic acids is 1. The molecule has 2 aromatic carbocycles. The molecule has 0 spiro atoms. The number of nitrogens with one attached hydrogen (secondary N) is 1. The molecule has 0 saturated carbocycles. The standard InChI is InChI=1S/C16H16FNO4S/c1-23(20,21)13-6-4-5-12(11-13)16(19)18-9-10-22-15-8-3-2-7-14(15)17/h2-8,11H,9-10H2,1H3,(H,18,19). The lowest BCUT2D eigenvalue weighted by molar-refractivity contribution is 0.0946. The average molecular weight is 337 g/mol. The number of rotatable bonds is 6. The van der Waals surface area contributed by atoms with E-state index in [1.807, 2.05) is 0 Å². The van der Waals surface area contributed by atoms with Crippen LogP contribution < -0.4 is 10.1 Å². The van der Waals surface area contributed by atoms with Crippen LogP contribution in [0.3, 0.4) is 0 Å². The molecule has 1 N–H and O–H groups in total. The third-order valence-electron chi connectivity index (χ3n) is 3.01. The van der Waals surface area contributed by atoms with Gasteiger partial charge in [-0.15, -0.1) is 0 Å². The Kier molecular flexibility index (Phi) is 5.33. The second kappa shape index (κ2) is 7.23. The normalized spacial score (nSPS) is 11.0. The Morgan fingerprint density at radius 1 is 1.17 bits per heavy atom. The Labute approximate surface area is 134 Å². The van der Waals surface area contributed by atoms with Gasteiger partial charge >= 0.3 is 0 Å². The molecule has 0 saturated heterocycles. The molecule has 122 valence electrons. The second-order valence-corrected chi connectivity index (χ2v) is 6.85. The van der Waals surface area contributed by atoms with E-state index in [0.29, 0.717) is 0 Å². The van der Waals surface area contributed by atoms with Crippen LogP contribution in [-0.4, -0.2) is 33.7 Å². The predicted octanol–water partition coefficient (Wildman–Crippen LogP) is 2.04. The molecule has 2 aromatic rings. The number of ether oxygens (including phenoxy) is 1. The van der Waals surface area contributed by atoms with Crippen LogP contribution in [-0.2, 0) is 9.84 Å². The molecule has 5 nitrogen and oxygen atoms in total. The summed E-state index contributed by atoms with van der Waals surface area (Å²) in [6, 6.07) is 11.7. The molecule has 0 unspecified atom stereocenters. The van der Waals surface area contributed by atoms with Crippen LogP contribution in [0.4, 0.5) is 4.39 Å². The molecule has 0 aromatic heterocycles. The van der Waals surface area contributed by atoms with Gasteiger partial charge in [-0.25, -0.2) is 12.8 Å². The predicted molar refractivity (Wildman–Crippen MR) is 83.8 cm³/mol. The fourth-order valence-electron chi connectivity index (χ4n) is 1.86. The van der Waals surface area contributed by atoms with Crippen LogP contribution in [0.1, 0.15) is 10.4 Å². The fourth-order valence-corrected chi connectivity index (χ4v) is 2.52. The number of benzene rings is 2. The molecule has 7 heteroatoms. The van der Waals surface area contributed by atoms with Crippen LogP contribution >= 0.6 is 0 Å². The highest BCUT2D eigenvalue weighted by molar-refractivity contribution is 7.90. The summed E-state index contributed by atoms with van der Waals surface area (Å²) in [7, 11) is -3.37. The molecular weight excluding hydrogens is 321 g/mol. The summed E-state index contributed by atoms with van der Waals surface area (Å²) in [5, 5.41) is 2.59. The van der Waals surface area contributed by atoms with E-state index in [9.17, 15) is 17.6 Å². The summed E-state index contributed by atoms with van der Waals surface area (Å²) in [4.78, 5) is 12.0. The average Bonchev–Trinajstić information content (AvgIpc) is 2.52. The van der Waals surface area contributed by atoms with Gasteiger partial charge in [-0.2, -0.15) is 0 Å². The number of carbonyl (C=O) groups is 1. The Hall–Kier alpha value is -2.41. The second-order valence-electron chi connectivity index (χ2n) is 4.83. The van der Waals surface area contributed by atoms with E-state index in [4.69, 9.17) is 4.74 Å². The van der Waals surface area contributed by atoms with Gasteiger partial charge in [-0.1, -0.05) is 18.2 Å². The van der Waals surface area contributed by atoms with Gasteiger partial charge < -0.3 is 10.1 Å². The van der Waals surface area contributed by atoms with Crippen molar-refractivity contribution in [2.24, 2.45) is 0 Å². The molecular formula is C16H16FNO4S. The SMILES string of the molecule is CS(=O)(=O)c1cccc(C(=O)NCCOc2ccccc2F)c1. The molecule has 1 amide bonds. The number of para-hydroxylation sites is 1. The van der Waals surface area contributed by atoms with E-state index < -0.39 is 21.6 Å². The highest BCUT2D eigenvalue weighted by atomic mass is 32.2. The minimum absolute atomic E-state index is 0.0766. The quantitative estimate of drug-likeness (QED) is 0.819. The van der Waals surface area contributed by atoms with Gasteiger partial charge in [0.15, 0.2) is 21.4 Å². The summed E-state index contributed by atoms with van der Waals surface area (Å²) in [5.41, 5.74) is 0.235. The maximum Gasteiger partial charge on any atom is 0.251 e. The zero-order chi connectivity index (χ0) is 16.9. The van der Waals surface area contributed by atoms with E-state index in [-0.39, 0.29) is 29.4 Å². The van der Waals surface area contributed by atoms with Gasteiger partial charge in [0.05, 0.1) is 11.4 Å². The van der Waals surface area contributed by atoms with E-state index in [1.54, 1.807) is 12.1 Å². The van der Waals surface area contributed by atoms with Crippen molar-refractivity contribution in [3.63, 3.8) is 0 Å². The third kappa shape index (κ3) is 4.79. The van der Waals surface area contributed by atoms with Crippen LogP contribution in [0, 0.1) is 5.82 Å². The monoisotopic (exact) mass is 337 g/mol. The minimum atomic E-state index is -3.37. The fraction of sp³-hybridized carbons (Fsp3) is 0.188. The Bertz CT molecular complexity index is 805. The third-order valence-corrected chi connectivity index (χ3v) is 4.12. The maximum atomic E-state index is 13.3. The van der Waals surface area contributed by atoms with Crippen molar-refractivity contribution in [3.8, 4) is 5.75 Å². The summed E-state index contributed by atoms with van der Waals surface area (Å²) in [6.45, 7) is 0.259. The first-order chi connectivity index (χ1) is 10.9. The number of amides is 1. The summed E-state index contributed by atoms with van der Waals surface area (Å²) in [6.07, 6.45) is 1.08. The first kappa shape index (κ1) is 17.0. The largest absolute Gasteiger partial charge is 0.489 e. The minimum Gasteiger partial charge on any atom is -0.489 e. The van der Waals surface area contributed by atoms with Gasteiger partial charge in [-0.3, -0.25) is 4.79 Å². The highest BCUT2D eigenvalue weighted by Gasteiger charge is 2.11. The first-order valence-corrected chi connectivity index (χ1v) is 8.73. The molecule has 0 bridgehead atoms. The number of hydrogen-bond donors (Lipinski definition) is 1. The summed E-state index contributed by atoms with van der Waals surface area (Å²) < 4.78 is 41.5. The van der Waals surface area contributed by atoms with Gasteiger partial charge in [0.25, 0.3) is 5.91 Å². The smallest absolute Gasteiger partial charge is 0.251 e. The Morgan fingerprint density at radius 2 is 1.91 bits per heavy atom. The Balaban J connectivity index is 1.89. The molecule has 2 rings (SSSR count). The highest BCUT2D eigenvalue weighted by Crippen LogP contribution is 2.15. The molecule has 0 heterocycles. The van der Waals surface area contributed by atoms with E-state index >= 15 is 0 Å². The molecule has 0 radical (unpaired) electrons. The van der Waals surface area contributed by atoms with Gasteiger partial charge in [0.1, 0.15) is 6.61 Å². The van der Waals surface area contributed by atoms with Crippen molar-refractivity contribution in [1.29, 1.82) is 0 Å². The zero-order valence-electron chi connectivity index (χ0n) is 12.5. The van der Waals surface area contributed by atoms with Crippen LogP contribution in [0.2, 0.25) is 0 Å². The van der Waals surface area contributed by atoms with Gasteiger partial charge in [0.2, 0.25) is 0 Å². The number of hydrogen-bond acceptors (Lipinski definition) is 4. The van der Waals surface area contributed by atoms with Crippen molar-refractivity contribution in [1.82, 2.24) is 5.32 Å². The lowest BCUT2D eigenvalue weighted by Crippen LogP contribution is -2.28. The first-order valence-electron chi connectivity index (χ1n) is 6.83. The van der Waals surface area contributed by atoms with E-state index in [1.165, 1.54) is 36.4 Å². The molecule has 0 atom stereocenters. The van der Waals surface area contributed by atoms with E-state index in [0.717, 1.165) is 6.26 Å². The molecule has 0 aliphatic heterocycles. The molecule has 0 fully saturated rings. The number of sulfone groups is 1. The van der Waals surface area contributed by atoms with Gasteiger partial charge in [-0.05, 0) is 30.3 Å². The lowest BCUT2D eigenvalue weighted by atomic mass is 10.2. The molecule has 23 heavy (non-hydrogen) atoms. The number of halogens is 1. The maximum absolute atomic E-state index is 13.3. The zero-order valence-corrected chi connectivity index (χ0v) is 13.3. The van der Waals surface area contributed by atoms with Crippen LogP contribution in [0.25, 0.3) is 0 Å². The van der Waals surface area contributed by atoms with E-state index in [2.05, 4.69) is 5.32 Å². The van der Waals surface area contributed by atoms with Crippen molar-refractivity contribution in [3.05, 3.63) is 59.9 Å². The topological polar surface area (TPSA) is 72.5 Å². The summed E-state index contributed by atoms with van der Waals surface area (Å²) in [5.74, 6) is -0.784. The summed E-state index contributed by atoms with van der Waals surface area (Å²) >= 11 is 0. The van der Waals surface area contributed by atoms with Crippen LogP contribution in [0.5, 0.6) is 5.75 Å². The van der Waals surface area contributed by atoms with Crippen molar-refractivity contribution >= 4 is 15.7 Å². The van der Waals surface area contributed by atoms with Crippen molar-refractivity contribution in [2.45, 2.75) is 4.90 Å². The van der Waals surface area contributed by atoms with Gasteiger partial charge in [0, 0.05) is 11.8 Å². The van der Waals surface area contributed by atoms with Crippen molar-refractivity contribution < 1.29 is 22.3 Å². The molecule has 0 aliphatic rings. The van der Waals surface area contributed by atoms with Crippen molar-refractivity contribution in [2.75, 3.05) is 19.4 Å². The molecule has 0 aliphatic carbocycles. The Morgan fingerprint density at radius 3 is 2.61 bits per heavy atom. The van der Waals surface area contributed by atoms with Crippen LogP contribution in [0.15, 0.2) is 53.4 Å².